The molecule has 0 aromatic carbocycles. The molecule has 0 unspecified atom stereocenters. The first-order valence-corrected chi connectivity index (χ1v) is 10.1. The molecule has 3 aromatic rings. The molecule has 2 atom stereocenters. The van der Waals surface area contributed by atoms with Gasteiger partial charge in [0.1, 0.15) is 5.65 Å². The molecule has 1 aliphatic rings. The van der Waals surface area contributed by atoms with Gasteiger partial charge in [-0.1, -0.05) is 19.0 Å². The molecule has 150 valence electrons. The molecule has 1 aliphatic heterocycles. The third-order valence-electron chi connectivity index (χ3n) is 5.20. The van der Waals surface area contributed by atoms with E-state index < -0.39 is 0 Å². The lowest BCUT2D eigenvalue weighted by Crippen LogP contribution is -2.44. The fourth-order valence-corrected chi connectivity index (χ4v) is 4.09. The zero-order valence-electron chi connectivity index (χ0n) is 17.1. The van der Waals surface area contributed by atoms with E-state index in [-0.39, 0.29) is 12.2 Å². The summed E-state index contributed by atoms with van der Waals surface area (Å²) >= 11 is 0. The van der Waals surface area contributed by atoms with Crippen molar-refractivity contribution < 1.29 is 9.26 Å². The lowest BCUT2D eigenvalue weighted by molar-refractivity contribution is -0.0725. The molecule has 7 heteroatoms. The van der Waals surface area contributed by atoms with Crippen LogP contribution in [0.1, 0.15) is 51.0 Å². The van der Waals surface area contributed by atoms with E-state index in [0.29, 0.717) is 18.4 Å². The Balaban J connectivity index is 1.44. The normalized spacial score (nSPS) is 21.0. The highest BCUT2D eigenvalue weighted by molar-refractivity contribution is 5.77. The van der Waals surface area contributed by atoms with Crippen molar-refractivity contribution in [1.82, 2.24) is 24.6 Å². The first-order valence-electron chi connectivity index (χ1n) is 10.1. The highest BCUT2D eigenvalue weighted by Gasteiger charge is 2.24. The monoisotopic (exact) mass is 383 g/mol. The summed E-state index contributed by atoms with van der Waals surface area (Å²) in [6, 6.07) is 6.33. The van der Waals surface area contributed by atoms with Crippen LogP contribution in [0.3, 0.4) is 0 Å². The van der Waals surface area contributed by atoms with Gasteiger partial charge in [0.2, 0.25) is 5.89 Å². The van der Waals surface area contributed by atoms with E-state index in [1.807, 2.05) is 12.3 Å². The smallest absolute Gasteiger partial charge is 0.240 e. The molecule has 0 radical (unpaired) electrons. The van der Waals surface area contributed by atoms with Crippen LogP contribution in [-0.4, -0.2) is 49.9 Å². The van der Waals surface area contributed by atoms with E-state index in [2.05, 4.69) is 64.4 Å². The first kappa shape index (κ1) is 19.1. The highest BCUT2D eigenvalue weighted by Crippen LogP contribution is 2.24. The number of aryl methyl sites for hydroxylation is 2. The summed E-state index contributed by atoms with van der Waals surface area (Å²) < 4.78 is 13.6. The minimum Gasteiger partial charge on any atom is -0.373 e. The summed E-state index contributed by atoms with van der Waals surface area (Å²) in [5.74, 6) is 1.85. The predicted molar refractivity (Wildman–Crippen MR) is 107 cm³/mol. The first-order chi connectivity index (χ1) is 13.5. The van der Waals surface area contributed by atoms with Gasteiger partial charge in [-0.3, -0.25) is 4.90 Å². The summed E-state index contributed by atoms with van der Waals surface area (Å²) in [4.78, 5) is 11.5. The number of nitrogens with zero attached hydrogens (tertiary/aromatic N) is 5. The number of pyridine rings is 1. The van der Waals surface area contributed by atoms with Crippen LogP contribution >= 0.6 is 0 Å². The average Bonchev–Trinajstić information content (AvgIpc) is 3.23. The molecule has 0 aliphatic carbocycles. The van der Waals surface area contributed by atoms with Crippen LogP contribution in [0.25, 0.3) is 11.0 Å². The molecule has 0 bridgehead atoms. The van der Waals surface area contributed by atoms with Crippen LogP contribution in [-0.2, 0) is 24.2 Å². The second-order valence-corrected chi connectivity index (χ2v) is 8.10. The van der Waals surface area contributed by atoms with Gasteiger partial charge < -0.3 is 13.8 Å². The Morgan fingerprint density at radius 2 is 2.00 bits per heavy atom. The average molecular weight is 383 g/mol. The molecule has 1 saturated heterocycles. The Kier molecular flexibility index (Phi) is 5.46. The van der Waals surface area contributed by atoms with Gasteiger partial charge in [-0.25, -0.2) is 4.98 Å². The summed E-state index contributed by atoms with van der Waals surface area (Å²) in [7, 11) is 0. The summed E-state index contributed by atoms with van der Waals surface area (Å²) in [6.07, 6.45) is 3.03. The van der Waals surface area contributed by atoms with E-state index in [4.69, 9.17) is 9.26 Å². The van der Waals surface area contributed by atoms with Gasteiger partial charge in [-0.2, -0.15) is 4.98 Å². The maximum absolute atomic E-state index is 5.79. The third kappa shape index (κ3) is 4.10. The van der Waals surface area contributed by atoms with Crippen LogP contribution < -0.4 is 0 Å². The lowest BCUT2D eigenvalue weighted by Gasteiger charge is -2.34. The Morgan fingerprint density at radius 3 is 2.75 bits per heavy atom. The van der Waals surface area contributed by atoms with E-state index in [1.165, 1.54) is 11.1 Å². The van der Waals surface area contributed by atoms with Crippen molar-refractivity contribution >= 4 is 11.0 Å². The quantitative estimate of drug-likeness (QED) is 0.650. The van der Waals surface area contributed by atoms with Gasteiger partial charge in [-0.15, -0.1) is 0 Å². The van der Waals surface area contributed by atoms with Crippen molar-refractivity contribution in [2.24, 2.45) is 0 Å². The van der Waals surface area contributed by atoms with Crippen LogP contribution in [0.15, 0.2) is 28.9 Å². The maximum Gasteiger partial charge on any atom is 0.240 e. The van der Waals surface area contributed by atoms with Gasteiger partial charge in [0.15, 0.2) is 5.82 Å². The van der Waals surface area contributed by atoms with Gasteiger partial charge in [0, 0.05) is 43.3 Å². The van der Waals surface area contributed by atoms with Gasteiger partial charge >= 0.3 is 0 Å². The van der Waals surface area contributed by atoms with Crippen molar-refractivity contribution in [3.63, 3.8) is 0 Å². The largest absolute Gasteiger partial charge is 0.373 e. The van der Waals surface area contributed by atoms with Crippen molar-refractivity contribution in [2.75, 3.05) is 13.1 Å². The van der Waals surface area contributed by atoms with E-state index >= 15 is 0 Å². The molecule has 1 fully saturated rings. The van der Waals surface area contributed by atoms with E-state index in [9.17, 15) is 0 Å². The van der Waals surface area contributed by atoms with Crippen molar-refractivity contribution in [2.45, 2.75) is 65.3 Å². The molecule has 28 heavy (non-hydrogen) atoms. The minimum atomic E-state index is 0.232. The maximum atomic E-state index is 5.79. The molecule has 4 heterocycles. The second-order valence-electron chi connectivity index (χ2n) is 8.10. The summed E-state index contributed by atoms with van der Waals surface area (Å²) in [5.41, 5.74) is 2.31. The second kappa shape index (κ2) is 8.01. The Labute approximate surface area is 165 Å². The molecule has 0 spiro atoms. The predicted octanol–water partition coefficient (Wildman–Crippen LogP) is 3.39. The fraction of sp³-hybridized carbons (Fsp3) is 0.571. The number of fused-ring (bicyclic) bond motifs is 1. The van der Waals surface area contributed by atoms with Crippen LogP contribution in [0.5, 0.6) is 0 Å². The molecule has 0 saturated carbocycles. The highest BCUT2D eigenvalue weighted by atomic mass is 16.5. The summed E-state index contributed by atoms with van der Waals surface area (Å²) in [6.45, 7) is 11.9. The van der Waals surface area contributed by atoms with Gasteiger partial charge in [-0.05, 0) is 38.0 Å². The molecule has 0 N–H and O–H groups in total. The van der Waals surface area contributed by atoms with Crippen molar-refractivity contribution in [3.8, 4) is 0 Å². The molecule has 0 amide bonds. The number of aromatic nitrogens is 4. The number of ether oxygens (including phenoxy) is 1. The van der Waals surface area contributed by atoms with Gasteiger partial charge in [0.05, 0.1) is 18.8 Å². The number of hydrogen-bond donors (Lipinski definition) is 0. The lowest BCUT2D eigenvalue weighted by atomic mass is 10.1. The van der Waals surface area contributed by atoms with Crippen LogP contribution in [0, 0.1) is 0 Å². The Morgan fingerprint density at radius 1 is 1.21 bits per heavy atom. The zero-order chi connectivity index (χ0) is 19.7. The topological polar surface area (TPSA) is 69.2 Å². The number of morpholine rings is 1. The Bertz CT molecular complexity index is 922. The molecular weight excluding hydrogens is 354 g/mol. The van der Waals surface area contributed by atoms with E-state index in [0.717, 1.165) is 37.5 Å². The number of hydrogen-bond acceptors (Lipinski definition) is 6. The third-order valence-corrected chi connectivity index (χ3v) is 5.20. The van der Waals surface area contributed by atoms with Gasteiger partial charge in [0.25, 0.3) is 0 Å². The SMILES string of the molecule is CC(C)c1cc2cccnc2n1CCc1noc(CN2C[C@@H](C)O[C@@H](C)C2)n1. The molecule has 7 nitrogen and oxygen atoms in total. The van der Waals surface area contributed by atoms with Crippen molar-refractivity contribution in [3.05, 3.63) is 41.8 Å². The van der Waals surface area contributed by atoms with Crippen LogP contribution in [0.4, 0.5) is 0 Å². The standard InChI is InChI=1S/C21H29N5O2/c1-14(2)18-10-17-6-5-8-22-21(17)26(18)9-7-19-23-20(28-24-19)13-25-11-15(3)27-16(4)12-25/h5-6,8,10,14-16H,7,9,11-13H2,1-4H3/t15-,16+. The minimum absolute atomic E-state index is 0.232. The molecule has 3 aromatic heterocycles. The van der Waals surface area contributed by atoms with Crippen molar-refractivity contribution in [1.29, 1.82) is 0 Å². The van der Waals surface area contributed by atoms with E-state index in [1.54, 1.807) is 0 Å². The zero-order valence-corrected chi connectivity index (χ0v) is 17.1. The fourth-order valence-electron chi connectivity index (χ4n) is 4.09. The number of rotatable bonds is 6. The van der Waals surface area contributed by atoms with Crippen LogP contribution in [0.2, 0.25) is 0 Å². The molecule has 4 rings (SSSR count). The molecular formula is C21H29N5O2. The summed E-state index contributed by atoms with van der Waals surface area (Å²) in [5, 5.41) is 5.37. The Hall–Kier alpha value is -2.25.